The average Bonchev–Trinajstić information content (AvgIpc) is 2.57. The van der Waals surface area contributed by atoms with Crippen molar-refractivity contribution in [2.45, 2.75) is 7.59 Å². The molecule has 0 bridgehead atoms. The summed E-state index contributed by atoms with van der Waals surface area (Å²) >= 11 is 40.3. The lowest BCUT2D eigenvalue weighted by Gasteiger charge is -2.15. The van der Waals surface area contributed by atoms with E-state index in [2.05, 4.69) is 20.3 Å². The zero-order chi connectivity index (χ0) is 20.4. The van der Waals surface area contributed by atoms with E-state index >= 15 is 0 Å². The molecule has 13 heteroatoms. The number of nitrogens with one attached hydrogen (secondary N) is 1. The fourth-order valence-corrected chi connectivity index (χ4v) is 2.45. The second kappa shape index (κ2) is 8.99. The third-order valence-electron chi connectivity index (χ3n) is 2.99. The number of hydrogen-bond donors (Lipinski definition) is 1. The summed E-state index contributed by atoms with van der Waals surface area (Å²) in [5.74, 6) is -2.01. The van der Waals surface area contributed by atoms with Crippen LogP contribution in [0.4, 0.5) is 4.39 Å². The van der Waals surface area contributed by atoms with Gasteiger partial charge in [-0.2, -0.15) is 0 Å². The molecule has 0 spiro atoms. The maximum Gasteiger partial charge on any atom is 0.254 e. The van der Waals surface area contributed by atoms with E-state index < -0.39 is 19.3 Å². The molecule has 0 radical (unpaired) electrons. The molecule has 0 saturated heterocycles. The lowest BCUT2D eigenvalue weighted by atomic mass is 10.1. The Morgan fingerprint density at radius 1 is 1.00 bits per heavy atom. The number of halogens is 8. The lowest BCUT2D eigenvalue weighted by Crippen LogP contribution is -2.26. The van der Waals surface area contributed by atoms with Gasteiger partial charge in [0.25, 0.3) is 5.91 Å². The van der Waals surface area contributed by atoms with Crippen molar-refractivity contribution in [3.63, 3.8) is 0 Å². The molecule has 0 saturated carbocycles. The highest BCUT2D eigenvalue weighted by atomic mass is 35.6. The molecule has 2 aromatic rings. The van der Waals surface area contributed by atoms with Gasteiger partial charge in [-0.15, -0.1) is 11.6 Å². The fraction of sp³-hybridized carbons (Fsp3) is 0.286. The molecule has 2 rings (SSSR count). The van der Waals surface area contributed by atoms with Gasteiger partial charge < -0.3 is 5.32 Å². The Morgan fingerprint density at radius 2 is 1.56 bits per heavy atom. The minimum atomic E-state index is -2.04. The molecule has 0 aliphatic rings. The Balaban J connectivity index is 2.51. The van der Waals surface area contributed by atoms with Gasteiger partial charge in [-0.1, -0.05) is 75.7 Å². The van der Waals surface area contributed by atoms with Crippen molar-refractivity contribution >= 4 is 87.1 Å². The van der Waals surface area contributed by atoms with Crippen molar-refractivity contribution in [2.75, 3.05) is 12.4 Å². The Hall–Kier alpha value is -0.340. The highest BCUT2D eigenvalue weighted by Gasteiger charge is 2.34. The van der Waals surface area contributed by atoms with Gasteiger partial charge in [0, 0.05) is 18.0 Å². The van der Waals surface area contributed by atoms with Crippen LogP contribution in [-0.4, -0.2) is 33.3 Å². The molecule has 1 heterocycles. The van der Waals surface area contributed by atoms with Crippen LogP contribution in [-0.2, 0) is 7.59 Å². The quantitative estimate of drug-likeness (QED) is 0.562. The standard InChI is InChI=1S/C14H8Cl7FN4O/c15-3-4-23-10(27)7-2-1-6(5-8(7)22)9-24-11(13(16,17)18)26-12(25-9)14(19,20)21/h1-2,5H,3-4H2,(H,23,27). The van der Waals surface area contributed by atoms with Gasteiger partial charge in [-0.05, 0) is 12.1 Å². The number of aromatic nitrogens is 3. The summed E-state index contributed by atoms with van der Waals surface area (Å²) < 4.78 is 10.3. The van der Waals surface area contributed by atoms with Gasteiger partial charge in [-0.25, -0.2) is 19.3 Å². The number of benzene rings is 1. The van der Waals surface area contributed by atoms with E-state index in [0.29, 0.717) is 0 Å². The molecule has 1 amide bonds. The van der Waals surface area contributed by atoms with Crippen LogP contribution in [0.25, 0.3) is 11.4 Å². The van der Waals surface area contributed by atoms with Crippen LogP contribution in [0.5, 0.6) is 0 Å². The number of carbonyl (C=O) groups excluding carboxylic acids is 1. The maximum absolute atomic E-state index is 14.4. The van der Waals surface area contributed by atoms with Crippen molar-refractivity contribution in [3.8, 4) is 11.4 Å². The average molecular weight is 515 g/mol. The van der Waals surface area contributed by atoms with Gasteiger partial charge in [0.1, 0.15) is 5.82 Å². The summed E-state index contributed by atoms with van der Waals surface area (Å²) in [4.78, 5) is 23.7. The normalized spacial score (nSPS) is 12.1. The van der Waals surface area contributed by atoms with Crippen LogP contribution in [0.3, 0.4) is 0 Å². The van der Waals surface area contributed by atoms with Crippen LogP contribution in [0.2, 0.25) is 0 Å². The van der Waals surface area contributed by atoms with Gasteiger partial charge in [-0.3, -0.25) is 4.79 Å². The van der Waals surface area contributed by atoms with E-state index in [4.69, 9.17) is 81.2 Å². The van der Waals surface area contributed by atoms with Crippen LogP contribution in [0.1, 0.15) is 22.0 Å². The van der Waals surface area contributed by atoms with Crippen LogP contribution in [0, 0.1) is 5.82 Å². The van der Waals surface area contributed by atoms with Crippen molar-refractivity contribution in [2.24, 2.45) is 0 Å². The first-order valence-corrected chi connectivity index (χ1v) is 9.78. The van der Waals surface area contributed by atoms with Crippen molar-refractivity contribution in [1.82, 2.24) is 20.3 Å². The first-order valence-electron chi connectivity index (χ1n) is 6.98. The second-order valence-electron chi connectivity index (χ2n) is 4.94. The van der Waals surface area contributed by atoms with Crippen molar-refractivity contribution in [3.05, 3.63) is 41.2 Å². The molecule has 5 nitrogen and oxygen atoms in total. The molecule has 1 aromatic heterocycles. The fourth-order valence-electron chi connectivity index (χ4n) is 1.85. The first kappa shape index (κ1) is 22.9. The number of hydrogen-bond acceptors (Lipinski definition) is 4. The highest BCUT2D eigenvalue weighted by molar-refractivity contribution is 6.67. The molecule has 0 atom stereocenters. The minimum absolute atomic E-state index is 0.112. The summed E-state index contributed by atoms with van der Waals surface area (Å²) in [6.07, 6.45) is 0. The maximum atomic E-state index is 14.4. The van der Waals surface area contributed by atoms with Crippen molar-refractivity contribution < 1.29 is 9.18 Å². The van der Waals surface area contributed by atoms with E-state index in [1.165, 1.54) is 12.1 Å². The molecule has 146 valence electrons. The number of rotatable bonds is 4. The monoisotopic (exact) mass is 512 g/mol. The van der Waals surface area contributed by atoms with Crippen LogP contribution in [0.15, 0.2) is 18.2 Å². The second-order valence-corrected chi connectivity index (χ2v) is 9.88. The topological polar surface area (TPSA) is 67.8 Å². The summed E-state index contributed by atoms with van der Waals surface area (Å²) in [7, 11) is 0. The third-order valence-corrected chi connectivity index (χ3v) is 4.20. The molecule has 1 aromatic carbocycles. The van der Waals surface area contributed by atoms with Crippen LogP contribution >= 0.6 is 81.2 Å². The highest BCUT2D eigenvalue weighted by Crippen LogP contribution is 2.40. The largest absolute Gasteiger partial charge is 0.351 e. The predicted octanol–water partition coefficient (Wildman–Crippen LogP) is 5.30. The van der Waals surface area contributed by atoms with E-state index in [1.807, 2.05) is 0 Å². The zero-order valence-corrected chi connectivity index (χ0v) is 18.2. The van der Waals surface area contributed by atoms with E-state index in [1.54, 1.807) is 0 Å². The summed E-state index contributed by atoms with van der Waals surface area (Å²) in [6.45, 7) is 0.189. The first-order chi connectivity index (χ1) is 12.4. The smallest absolute Gasteiger partial charge is 0.254 e. The zero-order valence-electron chi connectivity index (χ0n) is 12.9. The Morgan fingerprint density at radius 3 is 2.00 bits per heavy atom. The lowest BCUT2D eigenvalue weighted by molar-refractivity contribution is 0.0952. The Bertz CT molecular complexity index is 822. The summed E-state index contributed by atoms with van der Waals surface area (Å²) in [5, 5.41) is 2.45. The molecule has 0 aliphatic carbocycles. The summed E-state index contributed by atoms with van der Waals surface area (Å²) in [6, 6.07) is 3.65. The molecular weight excluding hydrogens is 507 g/mol. The minimum Gasteiger partial charge on any atom is -0.351 e. The molecule has 0 aliphatic heterocycles. The van der Waals surface area contributed by atoms with E-state index in [0.717, 1.165) is 6.07 Å². The van der Waals surface area contributed by atoms with Gasteiger partial charge in [0.2, 0.25) is 7.59 Å². The van der Waals surface area contributed by atoms with Crippen LogP contribution < -0.4 is 5.32 Å². The molecule has 1 N–H and O–H groups in total. The molecule has 0 unspecified atom stereocenters. The SMILES string of the molecule is O=C(NCCCl)c1ccc(-c2nc(C(Cl)(Cl)Cl)nc(C(Cl)(Cl)Cl)n2)cc1F. The van der Waals surface area contributed by atoms with Crippen molar-refractivity contribution in [1.29, 1.82) is 0 Å². The number of nitrogens with zero attached hydrogens (tertiary/aromatic N) is 3. The molecule has 0 fully saturated rings. The predicted molar refractivity (Wildman–Crippen MR) is 107 cm³/mol. The molecular formula is C14H8Cl7FN4O. The van der Waals surface area contributed by atoms with Gasteiger partial charge in [0.15, 0.2) is 17.5 Å². The third kappa shape index (κ3) is 6.07. The Labute approximate surface area is 188 Å². The molecule has 27 heavy (non-hydrogen) atoms. The van der Waals surface area contributed by atoms with E-state index in [-0.39, 0.29) is 41.0 Å². The summed E-state index contributed by atoms with van der Waals surface area (Å²) in [5.41, 5.74) is -0.0454. The van der Waals surface area contributed by atoms with Gasteiger partial charge >= 0.3 is 0 Å². The number of amides is 1. The number of carbonyl (C=O) groups is 1. The van der Waals surface area contributed by atoms with Gasteiger partial charge in [0.05, 0.1) is 5.56 Å². The van der Waals surface area contributed by atoms with E-state index in [9.17, 15) is 9.18 Å². The number of alkyl halides is 7. The Kier molecular flexibility index (Phi) is 7.64.